The highest BCUT2D eigenvalue weighted by Crippen LogP contribution is 2.30. The van der Waals surface area contributed by atoms with E-state index in [1.165, 1.54) is 36.4 Å². The summed E-state index contributed by atoms with van der Waals surface area (Å²) in [5.74, 6) is -1.65. The molecule has 210 valence electrons. The van der Waals surface area contributed by atoms with Crippen LogP contribution in [-0.2, 0) is 25.2 Å². The van der Waals surface area contributed by atoms with Crippen LogP contribution in [0.4, 0.5) is 30.2 Å². The van der Waals surface area contributed by atoms with Gasteiger partial charge in [-0.05, 0) is 66.7 Å². The van der Waals surface area contributed by atoms with Gasteiger partial charge in [0.15, 0.2) is 13.2 Å². The minimum atomic E-state index is -4.53. The zero-order valence-corrected chi connectivity index (χ0v) is 21.2. The Kier molecular flexibility index (Phi) is 9.23. The second-order valence-corrected chi connectivity index (χ2v) is 8.71. The normalized spacial score (nSPS) is 13.3. The first-order valence-electron chi connectivity index (χ1n) is 12.3. The summed E-state index contributed by atoms with van der Waals surface area (Å²) in [4.78, 5) is 38.7. The molecular weight excluding hydrogens is 531 g/mol. The van der Waals surface area contributed by atoms with Crippen molar-refractivity contribution in [1.82, 2.24) is 0 Å². The van der Waals surface area contributed by atoms with Crippen LogP contribution in [0.15, 0.2) is 72.8 Å². The number of hydrogen-bond acceptors (Lipinski definition) is 7. The van der Waals surface area contributed by atoms with Crippen LogP contribution in [0.1, 0.15) is 15.9 Å². The summed E-state index contributed by atoms with van der Waals surface area (Å²) in [6, 6.07) is 17.2. The highest BCUT2D eigenvalue weighted by Gasteiger charge is 2.30. The second-order valence-electron chi connectivity index (χ2n) is 8.71. The van der Waals surface area contributed by atoms with Gasteiger partial charge in [-0.15, -0.1) is 0 Å². The molecule has 1 fully saturated rings. The summed E-state index contributed by atoms with van der Waals surface area (Å²) in [6.07, 6.45) is -4.53. The minimum absolute atomic E-state index is 0.0180. The van der Waals surface area contributed by atoms with E-state index in [-0.39, 0.29) is 17.0 Å². The third kappa shape index (κ3) is 8.21. The Hall–Kier alpha value is -4.58. The number of halogens is 3. The summed E-state index contributed by atoms with van der Waals surface area (Å²) >= 11 is 0. The number of morpholine rings is 1. The lowest BCUT2D eigenvalue weighted by atomic mass is 10.2. The van der Waals surface area contributed by atoms with Crippen molar-refractivity contribution >= 4 is 34.8 Å². The number of carbonyl (C=O) groups is 3. The highest BCUT2D eigenvalue weighted by atomic mass is 19.4. The number of rotatable bonds is 9. The van der Waals surface area contributed by atoms with Crippen molar-refractivity contribution in [2.45, 2.75) is 6.18 Å². The van der Waals surface area contributed by atoms with Gasteiger partial charge in [0, 0.05) is 30.2 Å². The van der Waals surface area contributed by atoms with Gasteiger partial charge in [-0.2, -0.15) is 13.2 Å². The molecule has 1 aliphatic heterocycles. The molecule has 3 aromatic carbocycles. The van der Waals surface area contributed by atoms with Gasteiger partial charge in [0.2, 0.25) is 0 Å². The van der Waals surface area contributed by atoms with Gasteiger partial charge in [0.1, 0.15) is 5.75 Å². The molecule has 2 amide bonds. The molecule has 4 rings (SSSR count). The van der Waals surface area contributed by atoms with E-state index in [1.54, 1.807) is 12.1 Å². The number of nitrogens with zero attached hydrogens (tertiary/aromatic N) is 1. The molecule has 0 unspecified atom stereocenters. The Morgan fingerprint density at radius 3 is 2.15 bits per heavy atom. The number of amides is 2. The average molecular weight is 558 g/mol. The number of hydrogen-bond donors (Lipinski definition) is 2. The van der Waals surface area contributed by atoms with Crippen LogP contribution in [0, 0.1) is 0 Å². The van der Waals surface area contributed by atoms with Crippen LogP contribution in [0.5, 0.6) is 5.75 Å². The minimum Gasteiger partial charge on any atom is -0.484 e. The molecule has 0 saturated carbocycles. The first-order chi connectivity index (χ1) is 19.2. The molecule has 0 aromatic heterocycles. The molecule has 1 heterocycles. The van der Waals surface area contributed by atoms with Crippen molar-refractivity contribution in [3.05, 3.63) is 83.9 Å². The van der Waals surface area contributed by atoms with Crippen molar-refractivity contribution in [2.24, 2.45) is 0 Å². The topological polar surface area (TPSA) is 106 Å². The first kappa shape index (κ1) is 28.4. The van der Waals surface area contributed by atoms with Crippen LogP contribution >= 0.6 is 0 Å². The zero-order chi connectivity index (χ0) is 28.5. The third-order valence-corrected chi connectivity index (χ3v) is 5.80. The molecule has 3 aromatic rings. The maximum absolute atomic E-state index is 12.8. The summed E-state index contributed by atoms with van der Waals surface area (Å²) < 4.78 is 54.2. The summed E-state index contributed by atoms with van der Waals surface area (Å²) in [5, 5.41) is 5.00. The summed E-state index contributed by atoms with van der Waals surface area (Å²) in [6.45, 7) is 1.98. The smallest absolute Gasteiger partial charge is 0.416 e. The fourth-order valence-electron chi connectivity index (χ4n) is 3.80. The SMILES string of the molecule is O=C(COC(=O)c1ccc(OCC(=O)Nc2cccc(C(F)(F)F)c2)cc1)Nc1ccc(N2CCOCC2)cc1. The van der Waals surface area contributed by atoms with E-state index >= 15 is 0 Å². The fraction of sp³-hybridized carbons (Fsp3) is 0.250. The molecule has 0 spiro atoms. The Morgan fingerprint density at radius 2 is 1.48 bits per heavy atom. The van der Waals surface area contributed by atoms with Crippen molar-refractivity contribution in [3.8, 4) is 5.75 Å². The van der Waals surface area contributed by atoms with E-state index < -0.39 is 42.7 Å². The van der Waals surface area contributed by atoms with E-state index in [1.807, 2.05) is 12.1 Å². The Balaban J connectivity index is 1.19. The highest BCUT2D eigenvalue weighted by molar-refractivity contribution is 5.95. The van der Waals surface area contributed by atoms with Crippen LogP contribution in [0.3, 0.4) is 0 Å². The molecule has 40 heavy (non-hydrogen) atoms. The monoisotopic (exact) mass is 557 g/mol. The predicted molar refractivity (Wildman–Crippen MR) is 140 cm³/mol. The number of anilines is 3. The van der Waals surface area contributed by atoms with E-state index in [0.717, 1.165) is 30.9 Å². The van der Waals surface area contributed by atoms with Crippen LogP contribution in [0.2, 0.25) is 0 Å². The van der Waals surface area contributed by atoms with Gasteiger partial charge in [0.25, 0.3) is 11.8 Å². The molecule has 1 saturated heterocycles. The van der Waals surface area contributed by atoms with Crippen LogP contribution < -0.4 is 20.3 Å². The molecule has 0 atom stereocenters. The molecule has 2 N–H and O–H groups in total. The van der Waals surface area contributed by atoms with Gasteiger partial charge >= 0.3 is 12.1 Å². The largest absolute Gasteiger partial charge is 0.484 e. The average Bonchev–Trinajstić information content (AvgIpc) is 2.96. The van der Waals surface area contributed by atoms with Gasteiger partial charge in [-0.25, -0.2) is 4.79 Å². The maximum Gasteiger partial charge on any atom is 0.416 e. The van der Waals surface area contributed by atoms with E-state index in [0.29, 0.717) is 18.9 Å². The third-order valence-electron chi connectivity index (χ3n) is 5.80. The molecule has 1 aliphatic rings. The van der Waals surface area contributed by atoms with E-state index in [4.69, 9.17) is 14.2 Å². The number of nitrogens with one attached hydrogen (secondary N) is 2. The molecular formula is C28H26F3N3O6. The van der Waals surface area contributed by atoms with Gasteiger partial charge in [0.05, 0.1) is 24.3 Å². The summed E-state index contributed by atoms with van der Waals surface area (Å²) in [7, 11) is 0. The first-order valence-corrected chi connectivity index (χ1v) is 12.3. The number of carbonyl (C=O) groups excluding carboxylic acids is 3. The molecule has 0 bridgehead atoms. The lowest BCUT2D eigenvalue weighted by molar-refractivity contribution is -0.137. The maximum atomic E-state index is 12.8. The van der Waals surface area contributed by atoms with Crippen LogP contribution in [-0.4, -0.2) is 57.3 Å². The van der Waals surface area contributed by atoms with Crippen molar-refractivity contribution in [1.29, 1.82) is 0 Å². The number of benzene rings is 3. The van der Waals surface area contributed by atoms with Crippen molar-refractivity contribution < 1.29 is 41.8 Å². The number of alkyl halides is 3. The van der Waals surface area contributed by atoms with E-state index in [2.05, 4.69) is 15.5 Å². The van der Waals surface area contributed by atoms with Crippen molar-refractivity contribution in [2.75, 3.05) is 55.1 Å². The van der Waals surface area contributed by atoms with Gasteiger partial charge in [-0.3, -0.25) is 9.59 Å². The zero-order valence-electron chi connectivity index (χ0n) is 21.2. The number of esters is 1. The number of ether oxygens (including phenoxy) is 3. The molecule has 9 nitrogen and oxygen atoms in total. The lowest BCUT2D eigenvalue weighted by Gasteiger charge is -2.28. The quantitative estimate of drug-likeness (QED) is 0.377. The second kappa shape index (κ2) is 13.0. The molecule has 0 radical (unpaired) electrons. The van der Waals surface area contributed by atoms with Gasteiger partial charge < -0.3 is 29.7 Å². The van der Waals surface area contributed by atoms with Gasteiger partial charge in [-0.1, -0.05) is 6.07 Å². The van der Waals surface area contributed by atoms with Crippen molar-refractivity contribution in [3.63, 3.8) is 0 Å². The fourth-order valence-corrected chi connectivity index (χ4v) is 3.80. The van der Waals surface area contributed by atoms with E-state index in [9.17, 15) is 27.6 Å². The summed E-state index contributed by atoms with van der Waals surface area (Å²) in [5.41, 5.74) is 0.844. The Bertz CT molecular complexity index is 1320. The molecule has 12 heteroatoms. The predicted octanol–water partition coefficient (Wildman–Crippen LogP) is 4.36. The molecule has 0 aliphatic carbocycles. The Labute approximate surface area is 227 Å². The standard InChI is InChI=1S/C28H26F3N3O6/c29-28(30,31)20-2-1-3-22(16-20)33-25(35)17-39-24-10-4-19(5-11-24)27(37)40-18-26(36)32-21-6-8-23(9-7-21)34-12-14-38-15-13-34/h1-11,16H,12-15,17-18H2,(H,32,36)(H,33,35). The Morgan fingerprint density at radius 1 is 0.825 bits per heavy atom. The van der Waals surface area contributed by atoms with Crippen LogP contribution in [0.25, 0.3) is 0 Å². The lowest BCUT2D eigenvalue weighted by Crippen LogP contribution is -2.36.